The van der Waals surface area contributed by atoms with E-state index in [4.69, 9.17) is 12.2 Å². The molecule has 1 rings (SSSR count). The van der Waals surface area contributed by atoms with Crippen LogP contribution in [0.25, 0.3) is 0 Å². The summed E-state index contributed by atoms with van der Waals surface area (Å²) in [7, 11) is 2.18. The average molecular weight is 229 g/mol. The van der Waals surface area contributed by atoms with Gasteiger partial charge in [0.05, 0.1) is 0 Å². The molecule has 15 heavy (non-hydrogen) atoms. The van der Waals surface area contributed by atoms with Gasteiger partial charge in [0.15, 0.2) is 5.11 Å². The second-order valence-electron chi connectivity index (χ2n) is 4.23. The highest BCUT2D eigenvalue weighted by Crippen LogP contribution is 2.01. The van der Waals surface area contributed by atoms with Gasteiger partial charge in [-0.05, 0) is 38.7 Å². The summed E-state index contributed by atoms with van der Waals surface area (Å²) in [5, 5.41) is 4.28. The number of hydrogen-bond donors (Lipinski definition) is 1. The number of nitrogens with zero attached hydrogens (tertiary/aromatic N) is 2. The van der Waals surface area contributed by atoms with Gasteiger partial charge in [0, 0.05) is 26.2 Å². The molecule has 0 aliphatic carbocycles. The van der Waals surface area contributed by atoms with Gasteiger partial charge in [0.1, 0.15) is 0 Å². The summed E-state index contributed by atoms with van der Waals surface area (Å²) in [6, 6.07) is 0. The lowest BCUT2D eigenvalue weighted by atomic mass is 10.3. The molecule has 1 heterocycles. The minimum absolute atomic E-state index is 0.943. The molecule has 0 spiro atoms. The summed E-state index contributed by atoms with van der Waals surface area (Å²) >= 11 is 5.38. The van der Waals surface area contributed by atoms with Crippen molar-refractivity contribution in [2.45, 2.75) is 26.2 Å². The third-order valence-electron chi connectivity index (χ3n) is 2.81. The lowest BCUT2D eigenvalue weighted by molar-refractivity contribution is 0.345. The quantitative estimate of drug-likeness (QED) is 0.580. The molecule has 0 unspecified atom stereocenters. The fourth-order valence-corrected chi connectivity index (χ4v) is 2.02. The van der Waals surface area contributed by atoms with Crippen LogP contribution in [0.1, 0.15) is 26.2 Å². The van der Waals surface area contributed by atoms with Gasteiger partial charge in [-0.25, -0.2) is 0 Å². The Hall–Kier alpha value is -0.350. The third kappa shape index (κ3) is 4.80. The summed E-state index contributed by atoms with van der Waals surface area (Å²) in [5.74, 6) is 0. The third-order valence-corrected chi connectivity index (χ3v) is 3.22. The van der Waals surface area contributed by atoms with E-state index in [0.717, 1.165) is 31.3 Å². The Bertz CT molecular complexity index is 196. The van der Waals surface area contributed by atoms with Crippen LogP contribution in [-0.4, -0.2) is 54.7 Å². The second-order valence-corrected chi connectivity index (χ2v) is 4.62. The van der Waals surface area contributed by atoms with E-state index in [0.29, 0.717) is 0 Å². The molecule has 1 saturated heterocycles. The number of nitrogens with one attached hydrogen (secondary N) is 1. The van der Waals surface area contributed by atoms with Gasteiger partial charge in [0.2, 0.25) is 0 Å². The van der Waals surface area contributed by atoms with Gasteiger partial charge in [-0.1, -0.05) is 13.3 Å². The first-order valence-electron chi connectivity index (χ1n) is 5.95. The van der Waals surface area contributed by atoms with E-state index in [9.17, 15) is 0 Å². The summed E-state index contributed by atoms with van der Waals surface area (Å²) in [5.41, 5.74) is 0. The molecule has 1 fully saturated rings. The topological polar surface area (TPSA) is 18.5 Å². The molecular weight excluding hydrogens is 206 g/mol. The molecule has 4 heteroatoms. The minimum Gasteiger partial charge on any atom is -0.363 e. The van der Waals surface area contributed by atoms with Crippen molar-refractivity contribution in [3.05, 3.63) is 0 Å². The summed E-state index contributed by atoms with van der Waals surface area (Å²) in [4.78, 5) is 4.67. The van der Waals surface area contributed by atoms with Crippen molar-refractivity contribution in [1.82, 2.24) is 15.1 Å². The molecule has 1 aliphatic heterocycles. The first-order valence-corrected chi connectivity index (χ1v) is 6.36. The zero-order chi connectivity index (χ0) is 11.1. The van der Waals surface area contributed by atoms with Crippen LogP contribution < -0.4 is 5.32 Å². The van der Waals surface area contributed by atoms with Crippen LogP contribution in [0.4, 0.5) is 0 Å². The largest absolute Gasteiger partial charge is 0.363 e. The van der Waals surface area contributed by atoms with Gasteiger partial charge in [-0.2, -0.15) is 0 Å². The zero-order valence-electron chi connectivity index (χ0n) is 9.96. The monoisotopic (exact) mass is 229 g/mol. The Morgan fingerprint density at radius 3 is 2.80 bits per heavy atom. The SMILES string of the molecule is CCCCNC(=S)N1CCCN(C)CC1. The lowest BCUT2D eigenvalue weighted by Crippen LogP contribution is -2.41. The zero-order valence-corrected chi connectivity index (χ0v) is 10.8. The van der Waals surface area contributed by atoms with E-state index >= 15 is 0 Å². The van der Waals surface area contributed by atoms with Gasteiger partial charge in [0.25, 0.3) is 0 Å². The number of hydrogen-bond acceptors (Lipinski definition) is 2. The molecule has 0 aromatic heterocycles. The van der Waals surface area contributed by atoms with Crippen molar-refractivity contribution in [2.24, 2.45) is 0 Å². The van der Waals surface area contributed by atoms with E-state index in [2.05, 4.69) is 29.1 Å². The molecule has 0 saturated carbocycles. The Labute approximate surface area is 98.8 Å². The fourth-order valence-electron chi connectivity index (χ4n) is 1.73. The van der Waals surface area contributed by atoms with Gasteiger partial charge < -0.3 is 15.1 Å². The van der Waals surface area contributed by atoms with Gasteiger partial charge >= 0.3 is 0 Å². The van der Waals surface area contributed by atoms with Crippen LogP contribution >= 0.6 is 12.2 Å². The maximum atomic E-state index is 5.38. The van der Waals surface area contributed by atoms with Crippen molar-refractivity contribution >= 4 is 17.3 Å². The number of likely N-dealkylation sites (N-methyl/N-ethyl adjacent to an activating group) is 1. The Morgan fingerprint density at radius 2 is 2.07 bits per heavy atom. The Balaban J connectivity index is 2.25. The molecule has 1 N–H and O–H groups in total. The number of thiocarbonyl (C=S) groups is 1. The van der Waals surface area contributed by atoms with Crippen molar-refractivity contribution in [1.29, 1.82) is 0 Å². The number of rotatable bonds is 3. The first kappa shape index (κ1) is 12.7. The van der Waals surface area contributed by atoms with Crippen molar-refractivity contribution in [3.63, 3.8) is 0 Å². The van der Waals surface area contributed by atoms with Gasteiger partial charge in [-0.15, -0.1) is 0 Å². The molecular formula is C11H23N3S. The standard InChI is InChI=1S/C11H23N3S/c1-3-4-6-12-11(15)14-8-5-7-13(2)9-10-14/h3-10H2,1-2H3,(H,12,15). The van der Waals surface area contributed by atoms with Crippen LogP contribution in [-0.2, 0) is 0 Å². The summed E-state index contributed by atoms with van der Waals surface area (Å²) in [6.45, 7) is 7.69. The van der Waals surface area contributed by atoms with E-state index < -0.39 is 0 Å². The van der Waals surface area contributed by atoms with Crippen LogP contribution in [0.3, 0.4) is 0 Å². The summed E-state index contributed by atoms with van der Waals surface area (Å²) < 4.78 is 0. The van der Waals surface area contributed by atoms with Crippen molar-refractivity contribution in [3.8, 4) is 0 Å². The maximum absolute atomic E-state index is 5.38. The molecule has 0 atom stereocenters. The smallest absolute Gasteiger partial charge is 0.168 e. The predicted molar refractivity (Wildman–Crippen MR) is 69.2 cm³/mol. The van der Waals surface area contributed by atoms with Crippen LogP contribution in [0.5, 0.6) is 0 Å². The van der Waals surface area contributed by atoms with E-state index in [-0.39, 0.29) is 0 Å². The molecule has 0 aromatic rings. The molecule has 0 amide bonds. The van der Waals surface area contributed by atoms with Gasteiger partial charge in [-0.3, -0.25) is 0 Å². The van der Waals surface area contributed by atoms with Crippen LogP contribution in [0, 0.1) is 0 Å². The molecule has 88 valence electrons. The van der Waals surface area contributed by atoms with Crippen molar-refractivity contribution in [2.75, 3.05) is 39.8 Å². The molecule has 0 aromatic carbocycles. The Kier molecular flexibility index (Phi) is 5.95. The van der Waals surface area contributed by atoms with E-state index in [1.807, 2.05) is 0 Å². The maximum Gasteiger partial charge on any atom is 0.168 e. The van der Waals surface area contributed by atoms with E-state index in [1.54, 1.807) is 0 Å². The molecule has 1 aliphatic rings. The Morgan fingerprint density at radius 1 is 1.27 bits per heavy atom. The highest BCUT2D eigenvalue weighted by molar-refractivity contribution is 7.80. The van der Waals surface area contributed by atoms with Crippen LogP contribution in [0.2, 0.25) is 0 Å². The van der Waals surface area contributed by atoms with E-state index in [1.165, 1.54) is 25.8 Å². The van der Waals surface area contributed by atoms with Crippen LogP contribution in [0.15, 0.2) is 0 Å². The molecule has 0 bridgehead atoms. The van der Waals surface area contributed by atoms with Crippen molar-refractivity contribution < 1.29 is 0 Å². The predicted octanol–water partition coefficient (Wildman–Crippen LogP) is 1.30. The highest BCUT2D eigenvalue weighted by Gasteiger charge is 2.13. The minimum atomic E-state index is 0.943. The fraction of sp³-hybridized carbons (Fsp3) is 0.909. The average Bonchev–Trinajstić information content (AvgIpc) is 2.43. The molecule has 3 nitrogen and oxygen atoms in total. The lowest BCUT2D eigenvalue weighted by Gasteiger charge is -2.23. The molecule has 0 radical (unpaired) electrons. The first-order chi connectivity index (χ1) is 7.24. The second kappa shape index (κ2) is 7.01. The highest BCUT2D eigenvalue weighted by atomic mass is 32.1. The number of unbranched alkanes of at least 4 members (excludes halogenated alkanes) is 1. The summed E-state index contributed by atoms with van der Waals surface area (Å²) in [6.07, 6.45) is 3.64. The normalized spacial score (nSPS) is 18.7.